The number of hydrogen-bond acceptors (Lipinski definition) is 2. The van der Waals surface area contributed by atoms with Crippen molar-refractivity contribution in [3.63, 3.8) is 0 Å². The Bertz CT molecular complexity index is 502. The summed E-state index contributed by atoms with van der Waals surface area (Å²) in [6, 6.07) is 8.58. The molecule has 0 radical (unpaired) electrons. The molecule has 0 fully saturated rings. The predicted octanol–water partition coefficient (Wildman–Crippen LogP) is 2.93. The molecule has 0 bridgehead atoms. The molecular weight excluding hydrogens is 234 g/mol. The molecule has 0 aliphatic rings. The summed E-state index contributed by atoms with van der Waals surface area (Å²) in [6.45, 7) is 7.31. The lowest BCUT2D eigenvalue weighted by molar-refractivity contribution is 0.601. The standard InChI is InChI=1S/C16H23N3/c1-3-10-19-13-18-12-16(19)11-17-9-8-15-7-5-4-6-14(15)2/h4-7,12-13,17H,3,8-11H2,1-2H3. The van der Waals surface area contributed by atoms with Crippen LogP contribution in [0.15, 0.2) is 36.8 Å². The molecule has 3 nitrogen and oxygen atoms in total. The van der Waals surface area contributed by atoms with Crippen molar-refractivity contribution in [1.82, 2.24) is 14.9 Å². The molecule has 0 saturated carbocycles. The molecule has 1 aromatic heterocycles. The van der Waals surface area contributed by atoms with Gasteiger partial charge in [-0.25, -0.2) is 4.98 Å². The summed E-state index contributed by atoms with van der Waals surface area (Å²) in [5.41, 5.74) is 4.07. The second kappa shape index (κ2) is 7.10. The van der Waals surface area contributed by atoms with Gasteiger partial charge >= 0.3 is 0 Å². The Labute approximate surface area is 115 Å². The van der Waals surface area contributed by atoms with Crippen LogP contribution in [-0.4, -0.2) is 16.1 Å². The number of nitrogens with zero attached hydrogens (tertiary/aromatic N) is 2. The largest absolute Gasteiger partial charge is 0.333 e. The van der Waals surface area contributed by atoms with E-state index in [1.807, 2.05) is 12.5 Å². The van der Waals surface area contributed by atoms with Gasteiger partial charge in [0, 0.05) is 19.3 Å². The quantitative estimate of drug-likeness (QED) is 0.773. The first-order chi connectivity index (χ1) is 9.31. The molecule has 0 spiro atoms. The van der Waals surface area contributed by atoms with Gasteiger partial charge in [-0.05, 0) is 37.4 Å². The average molecular weight is 257 g/mol. The van der Waals surface area contributed by atoms with Crippen molar-refractivity contribution in [2.45, 2.75) is 39.8 Å². The predicted molar refractivity (Wildman–Crippen MR) is 79.1 cm³/mol. The summed E-state index contributed by atoms with van der Waals surface area (Å²) in [5.74, 6) is 0. The molecule has 0 aliphatic heterocycles. The highest BCUT2D eigenvalue weighted by Gasteiger charge is 2.01. The first kappa shape index (κ1) is 13.8. The van der Waals surface area contributed by atoms with Crippen LogP contribution in [0.25, 0.3) is 0 Å². The number of aromatic nitrogens is 2. The van der Waals surface area contributed by atoms with E-state index in [4.69, 9.17) is 0 Å². The van der Waals surface area contributed by atoms with Crippen LogP contribution < -0.4 is 5.32 Å². The van der Waals surface area contributed by atoms with Gasteiger partial charge in [-0.15, -0.1) is 0 Å². The van der Waals surface area contributed by atoms with E-state index in [-0.39, 0.29) is 0 Å². The minimum Gasteiger partial charge on any atom is -0.333 e. The fourth-order valence-electron chi connectivity index (χ4n) is 2.27. The third kappa shape index (κ3) is 3.93. The van der Waals surface area contributed by atoms with E-state index in [9.17, 15) is 0 Å². The Morgan fingerprint density at radius 1 is 1.26 bits per heavy atom. The Balaban J connectivity index is 1.78. The summed E-state index contributed by atoms with van der Waals surface area (Å²) in [7, 11) is 0. The van der Waals surface area contributed by atoms with E-state index < -0.39 is 0 Å². The van der Waals surface area contributed by atoms with Crippen LogP contribution in [0.4, 0.5) is 0 Å². The van der Waals surface area contributed by atoms with E-state index in [1.165, 1.54) is 16.8 Å². The summed E-state index contributed by atoms with van der Waals surface area (Å²) < 4.78 is 2.22. The molecule has 2 aromatic rings. The zero-order valence-corrected chi connectivity index (χ0v) is 11.9. The fraction of sp³-hybridized carbons (Fsp3) is 0.438. The molecule has 0 unspecified atom stereocenters. The molecule has 0 amide bonds. The van der Waals surface area contributed by atoms with Crippen LogP contribution in [0, 0.1) is 6.92 Å². The lowest BCUT2D eigenvalue weighted by Gasteiger charge is -2.09. The zero-order chi connectivity index (χ0) is 13.5. The van der Waals surface area contributed by atoms with Crippen LogP contribution in [0.2, 0.25) is 0 Å². The maximum absolute atomic E-state index is 4.21. The third-order valence-electron chi connectivity index (χ3n) is 3.40. The fourth-order valence-corrected chi connectivity index (χ4v) is 2.27. The monoisotopic (exact) mass is 257 g/mol. The van der Waals surface area contributed by atoms with Gasteiger partial charge in [0.1, 0.15) is 0 Å². The number of rotatable bonds is 7. The van der Waals surface area contributed by atoms with E-state index >= 15 is 0 Å². The van der Waals surface area contributed by atoms with Crippen LogP contribution in [0.3, 0.4) is 0 Å². The Hall–Kier alpha value is -1.61. The molecule has 1 aromatic carbocycles. The molecule has 2 rings (SSSR count). The van der Waals surface area contributed by atoms with Gasteiger partial charge in [-0.2, -0.15) is 0 Å². The Kier molecular flexibility index (Phi) is 5.16. The molecular formula is C16H23N3. The van der Waals surface area contributed by atoms with Crippen molar-refractivity contribution >= 4 is 0 Å². The van der Waals surface area contributed by atoms with Crippen LogP contribution in [0.5, 0.6) is 0 Å². The SMILES string of the molecule is CCCn1cncc1CNCCc1ccccc1C. The van der Waals surface area contributed by atoms with Gasteiger partial charge in [0.15, 0.2) is 0 Å². The van der Waals surface area contributed by atoms with Crippen molar-refractivity contribution in [3.05, 3.63) is 53.6 Å². The highest BCUT2D eigenvalue weighted by atomic mass is 15.1. The molecule has 1 N–H and O–H groups in total. The van der Waals surface area contributed by atoms with Gasteiger partial charge in [0.05, 0.1) is 12.0 Å². The Morgan fingerprint density at radius 3 is 2.89 bits per heavy atom. The highest BCUT2D eigenvalue weighted by molar-refractivity contribution is 5.25. The van der Waals surface area contributed by atoms with Crippen molar-refractivity contribution in [2.75, 3.05) is 6.54 Å². The van der Waals surface area contributed by atoms with E-state index in [2.05, 4.69) is 53.0 Å². The summed E-state index contributed by atoms with van der Waals surface area (Å²) in [6.07, 6.45) is 6.10. The van der Waals surface area contributed by atoms with Crippen LogP contribution in [0.1, 0.15) is 30.2 Å². The molecule has 1 heterocycles. The topological polar surface area (TPSA) is 29.9 Å². The maximum Gasteiger partial charge on any atom is 0.0948 e. The zero-order valence-electron chi connectivity index (χ0n) is 11.9. The molecule has 102 valence electrons. The van der Waals surface area contributed by atoms with Crippen molar-refractivity contribution in [2.24, 2.45) is 0 Å². The van der Waals surface area contributed by atoms with Crippen LogP contribution >= 0.6 is 0 Å². The minimum atomic E-state index is 0.895. The smallest absolute Gasteiger partial charge is 0.0948 e. The van der Waals surface area contributed by atoms with E-state index in [0.29, 0.717) is 0 Å². The van der Waals surface area contributed by atoms with Crippen molar-refractivity contribution < 1.29 is 0 Å². The van der Waals surface area contributed by atoms with Crippen molar-refractivity contribution in [3.8, 4) is 0 Å². The average Bonchev–Trinajstić information content (AvgIpc) is 2.85. The van der Waals surface area contributed by atoms with E-state index in [1.54, 1.807) is 0 Å². The van der Waals surface area contributed by atoms with Crippen molar-refractivity contribution in [1.29, 1.82) is 0 Å². The number of benzene rings is 1. The number of imidazole rings is 1. The molecule has 0 aliphatic carbocycles. The first-order valence-corrected chi connectivity index (χ1v) is 7.05. The molecule has 19 heavy (non-hydrogen) atoms. The second-order valence-electron chi connectivity index (χ2n) is 4.93. The number of aryl methyl sites for hydroxylation is 2. The lowest BCUT2D eigenvalue weighted by Crippen LogP contribution is -2.19. The third-order valence-corrected chi connectivity index (χ3v) is 3.40. The van der Waals surface area contributed by atoms with Crippen LogP contribution in [-0.2, 0) is 19.5 Å². The van der Waals surface area contributed by atoms with Gasteiger partial charge in [0.25, 0.3) is 0 Å². The van der Waals surface area contributed by atoms with Gasteiger partial charge in [0.2, 0.25) is 0 Å². The summed E-state index contributed by atoms with van der Waals surface area (Å²) in [4.78, 5) is 4.21. The van der Waals surface area contributed by atoms with Gasteiger partial charge in [-0.3, -0.25) is 0 Å². The first-order valence-electron chi connectivity index (χ1n) is 7.05. The second-order valence-corrected chi connectivity index (χ2v) is 4.93. The molecule has 0 atom stereocenters. The number of nitrogens with one attached hydrogen (secondary N) is 1. The summed E-state index contributed by atoms with van der Waals surface area (Å²) in [5, 5.41) is 3.50. The normalized spacial score (nSPS) is 10.8. The molecule has 0 saturated heterocycles. The van der Waals surface area contributed by atoms with Gasteiger partial charge in [-0.1, -0.05) is 31.2 Å². The number of hydrogen-bond donors (Lipinski definition) is 1. The van der Waals surface area contributed by atoms with E-state index in [0.717, 1.165) is 32.5 Å². The van der Waals surface area contributed by atoms with Gasteiger partial charge < -0.3 is 9.88 Å². The highest BCUT2D eigenvalue weighted by Crippen LogP contribution is 2.07. The summed E-state index contributed by atoms with van der Waals surface area (Å²) >= 11 is 0. The molecule has 3 heteroatoms. The lowest BCUT2D eigenvalue weighted by atomic mass is 10.1. The minimum absolute atomic E-state index is 0.895. The Morgan fingerprint density at radius 2 is 2.11 bits per heavy atom. The maximum atomic E-state index is 4.21.